The second kappa shape index (κ2) is 5.20. The van der Waals surface area contributed by atoms with E-state index in [0.717, 1.165) is 16.7 Å². The Labute approximate surface area is 115 Å². The van der Waals surface area contributed by atoms with E-state index in [2.05, 4.69) is 31.1 Å². The molecule has 1 heterocycles. The Balaban J connectivity index is 2.37. The van der Waals surface area contributed by atoms with Gasteiger partial charge in [0.1, 0.15) is 8.07 Å². The van der Waals surface area contributed by atoms with Gasteiger partial charge >= 0.3 is 0 Å². The summed E-state index contributed by atoms with van der Waals surface area (Å²) in [5.74, 6) is 3.27. The second-order valence-corrected chi connectivity index (χ2v) is 10.5. The van der Waals surface area contributed by atoms with Crippen LogP contribution in [0.5, 0.6) is 0 Å². The van der Waals surface area contributed by atoms with Crippen LogP contribution in [0.4, 0.5) is 4.48 Å². The van der Waals surface area contributed by atoms with Gasteiger partial charge in [0.15, 0.2) is 0 Å². The molecular formula is C15H19FN2Si. The molecule has 1 aliphatic rings. The summed E-state index contributed by atoms with van der Waals surface area (Å²) in [7, 11) is 0.293. The van der Waals surface area contributed by atoms with Crippen LogP contribution in [0.15, 0.2) is 30.5 Å². The molecule has 0 radical (unpaired) electrons. The lowest BCUT2D eigenvalue weighted by Crippen LogP contribution is -2.23. The first-order chi connectivity index (χ1) is 8.87. The fourth-order valence-corrected chi connectivity index (χ4v) is 2.37. The van der Waals surface area contributed by atoms with Crippen molar-refractivity contribution in [3.05, 3.63) is 41.6 Å². The molecule has 0 saturated carbocycles. The van der Waals surface area contributed by atoms with Gasteiger partial charge < -0.3 is 0 Å². The van der Waals surface area contributed by atoms with Crippen molar-refractivity contribution in [2.75, 3.05) is 13.6 Å². The molecule has 0 spiro atoms. The first kappa shape index (κ1) is 13.8. The molecule has 0 aromatic heterocycles. The highest BCUT2D eigenvalue weighted by Gasteiger charge is 2.20. The van der Waals surface area contributed by atoms with Crippen molar-refractivity contribution in [3.8, 4) is 11.5 Å². The summed E-state index contributed by atoms with van der Waals surface area (Å²) in [6.07, 6.45) is 1.81. The van der Waals surface area contributed by atoms with E-state index in [1.54, 1.807) is 7.05 Å². The zero-order valence-corrected chi connectivity index (χ0v) is 12.9. The normalized spacial score (nSPS) is 16.1. The Morgan fingerprint density at radius 3 is 2.47 bits per heavy atom. The summed E-state index contributed by atoms with van der Waals surface area (Å²) in [6.45, 7) is 6.93. The smallest absolute Gasteiger partial charge is 0.129 e. The van der Waals surface area contributed by atoms with E-state index in [1.165, 1.54) is 5.01 Å². The van der Waals surface area contributed by atoms with Crippen molar-refractivity contribution in [1.29, 1.82) is 0 Å². The van der Waals surface area contributed by atoms with Crippen molar-refractivity contribution in [2.24, 2.45) is 0 Å². The van der Waals surface area contributed by atoms with Crippen molar-refractivity contribution in [1.82, 2.24) is 10.2 Å². The van der Waals surface area contributed by atoms with Crippen LogP contribution in [0, 0.1) is 11.5 Å². The van der Waals surface area contributed by atoms with Gasteiger partial charge in [0, 0.05) is 18.8 Å². The van der Waals surface area contributed by atoms with Crippen LogP contribution in [0.1, 0.15) is 11.1 Å². The summed E-state index contributed by atoms with van der Waals surface area (Å²) in [5, 5.41) is 2.15. The first-order valence-corrected chi connectivity index (χ1v) is 9.86. The Hall–Kier alpha value is -1.57. The van der Waals surface area contributed by atoms with Crippen molar-refractivity contribution in [2.45, 2.75) is 19.6 Å². The average molecular weight is 274 g/mol. The maximum absolute atomic E-state index is 13.4. The number of hydrogen-bond donors (Lipinski definition) is 0. The minimum atomic E-state index is -1.40. The quantitative estimate of drug-likeness (QED) is 0.440. The van der Waals surface area contributed by atoms with E-state index < -0.39 is 8.07 Å². The number of nitrogens with zero attached hydrogens (tertiary/aromatic N) is 2. The highest BCUT2D eigenvalue weighted by Crippen LogP contribution is 2.25. The summed E-state index contributed by atoms with van der Waals surface area (Å²) < 4.78 is 13.4. The van der Waals surface area contributed by atoms with Gasteiger partial charge in [-0.05, 0) is 17.2 Å². The molecule has 0 aliphatic carbocycles. The lowest BCUT2D eigenvalue weighted by atomic mass is 10.0. The van der Waals surface area contributed by atoms with Crippen molar-refractivity contribution in [3.63, 3.8) is 0 Å². The minimum absolute atomic E-state index is 0.280. The zero-order chi connectivity index (χ0) is 14.0. The highest BCUT2D eigenvalue weighted by atomic mass is 28.3. The molecule has 0 N–H and O–H groups in total. The molecule has 1 aromatic rings. The average Bonchev–Trinajstić information content (AvgIpc) is 2.66. The maximum Gasteiger partial charge on any atom is 0.129 e. The Bertz CT molecular complexity index is 563. The fourth-order valence-electron chi connectivity index (χ4n) is 1.86. The van der Waals surface area contributed by atoms with Crippen molar-refractivity contribution >= 4 is 13.6 Å². The van der Waals surface area contributed by atoms with Gasteiger partial charge in [0.25, 0.3) is 0 Å². The standard InChI is InChI=1S/C15H19FN2Si/c1-17-11-14(12-18(17)16)15-8-6-5-7-13(15)9-10-19(2,3)4/h5-8,11H,12H2,1-4H3. The Kier molecular flexibility index (Phi) is 3.79. The summed E-state index contributed by atoms with van der Waals surface area (Å²) in [4.78, 5) is 0. The molecule has 0 saturated heterocycles. The van der Waals surface area contributed by atoms with E-state index in [9.17, 15) is 4.48 Å². The van der Waals surface area contributed by atoms with Crippen LogP contribution < -0.4 is 0 Å². The molecule has 2 nitrogen and oxygen atoms in total. The Morgan fingerprint density at radius 1 is 1.21 bits per heavy atom. The van der Waals surface area contributed by atoms with E-state index in [4.69, 9.17) is 0 Å². The first-order valence-electron chi connectivity index (χ1n) is 6.36. The molecule has 0 bridgehead atoms. The van der Waals surface area contributed by atoms with Gasteiger partial charge in [-0.3, -0.25) is 5.01 Å². The number of hydrazine groups is 1. The van der Waals surface area contributed by atoms with E-state index in [-0.39, 0.29) is 6.54 Å². The molecule has 1 aromatic carbocycles. The number of benzene rings is 1. The Morgan fingerprint density at radius 2 is 1.89 bits per heavy atom. The molecule has 0 atom stereocenters. The molecule has 4 heteroatoms. The van der Waals surface area contributed by atoms with Crippen LogP contribution in [0.3, 0.4) is 0 Å². The molecule has 2 rings (SSSR count). The predicted molar refractivity (Wildman–Crippen MR) is 80.2 cm³/mol. The van der Waals surface area contributed by atoms with E-state index in [1.807, 2.05) is 30.5 Å². The van der Waals surface area contributed by atoms with E-state index in [0.29, 0.717) is 5.23 Å². The molecule has 19 heavy (non-hydrogen) atoms. The van der Waals surface area contributed by atoms with Crippen LogP contribution in [0.2, 0.25) is 19.6 Å². The summed E-state index contributed by atoms with van der Waals surface area (Å²) in [6, 6.07) is 7.96. The van der Waals surface area contributed by atoms with Crippen molar-refractivity contribution < 1.29 is 4.48 Å². The van der Waals surface area contributed by atoms with Gasteiger partial charge in [-0.15, -0.1) is 10.0 Å². The maximum atomic E-state index is 13.4. The molecule has 1 aliphatic heterocycles. The fraction of sp³-hybridized carbons (Fsp3) is 0.333. The minimum Gasteiger partial charge on any atom is -0.289 e. The molecule has 0 fully saturated rings. The number of hydrogen-bond acceptors (Lipinski definition) is 2. The van der Waals surface area contributed by atoms with Gasteiger partial charge in [0.05, 0.1) is 6.54 Å². The summed E-state index contributed by atoms with van der Waals surface area (Å²) in [5.41, 5.74) is 6.34. The van der Waals surface area contributed by atoms with Crippen LogP contribution >= 0.6 is 0 Å². The van der Waals surface area contributed by atoms with Gasteiger partial charge in [-0.1, -0.05) is 49.0 Å². The monoisotopic (exact) mass is 274 g/mol. The third-order valence-electron chi connectivity index (χ3n) is 2.83. The SMILES string of the molecule is CN1C=C(c2ccccc2C#C[Si](C)(C)C)CN1F. The molecule has 0 amide bonds. The summed E-state index contributed by atoms with van der Waals surface area (Å²) >= 11 is 0. The van der Waals surface area contributed by atoms with Gasteiger partial charge in [-0.25, -0.2) is 0 Å². The highest BCUT2D eigenvalue weighted by molar-refractivity contribution is 6.83. The predicted octanol–water partition coefficient (Wildman–Crippen LogP) is 3.30. The lowest BCUT2D eigenvalue weighted by molar-refractivity contribution is -0.104. The topological polar surface area (TPSA) is 6.48 Å². The van der Waals surface area contributed by atoms with E-state index >= 15 is 0 Å². The zero-order valence-electron chi connectivity index (χ0n) is 11.9. The van der Waals surface area contributed by atoms with Crippen LogP contribution in [0.25, 0.3) is 5.57 Å². The van der Waals surface area contributed by atoms with Crippen LogP contribution in [-0.2, 0) is 0 Å². The molecule has 0 unspecified atom stereocenters. The number of rotatable bonds is 1. The van der Waals surface area contributed by atoms with Crippen LogP contribution in [-0.4, -0.2) is 31.9 Å². The van der Waals surface area contributed by atoms with Gasteiger partial charge in [-0.2, -0.15) is 0 Å². The number of halogens is 1. The molecular weight excluding hydrogens is 255 g/mol. The third kappa shape index (κ3) is 3.46. The van der Waals surface area contributed by atoms with Gasteiger partial charge in [0.2, 0.25) is 0 Å². The molecule has 100 valence electrons. The second-order valence-electron chi connectivity index (χ2n) is 5.77. The lowest BCUT2D eigenvalue weighted by Gasteiger charge is -2.12. The largest absolute Gasteiger partial charge is 0.289 e. The third-order valence-corrected chi connectivity index (χ3v) is 3.71.